The molecule has 0 atom stereocenters. The summed E-state index contributed by atoms with van der Waals surface area (Å²) in [5, 5.41) is 2.21. The van der Waals surface area contributed by atoms with Crippen LogP contribution in [0.3, 0.4) is 0 Å². The maximum atomic E-state index is 13.6. The number of alkyl halides is 3. The van der Waals surface area contributed by atoms with Crippen LogP contribution in [-0.2, 0) is 15.7 Å². The number of rotatable bonds is 4. The van der Waals surface area contributed by atoms with Gasteiger partial charge in [0, 0.05) is 4.47 Å². The lowest BCUT2D eigenvalue weighted by Crippen LogP contribution is -2.21. The van der Waals surface area contributed by atoms with Crippen LogP contribution in [0.1, 0.15) is 15.9 Å². The number of carbonyl (C=O) groups excluding carboxylic acids is 2. The van der Waals surface area contributed by atoms with E-state index in [0.717, 1.165) is 30.3 Å². The van der Waals surface area contributed by atoms with E-state index in [-0.39, 0.29) is 11.3 Å². The van der Waals surface area contributed by atoms with Crippen molar-refractivity contribution in [1.29, 1.82) is 0 Å². The summed E-state index contributed by atoms with van der Waals surface area (Å²) in [6.45, 7) is -0.713. The van der Waals surface area contributed by atoms with E-state index in [4.69, 9.17) is 0 Å². The van der Waals surface area contributed by atoms with Gasteiger partial charge in [-0.1, -0.05) is 15.9 Å². The Balaban J connectivity index is 1.92. The predicted molar refractivity (Wildman–Crippen MR) is 84.5 cm³/mol. The van der Waals surface area contributed by atoms with E-state index in [1.807, 2.05) is 0 Å². The second kappa shape index (κ2) is 7.64. The molecule has 9 heteroatoms. The molecule has 0 aromatic heterocycles. The summed E-state index contributed by atoms with van der Waals surface area (Å²) in [5.41, 5.74) is -1.15. The molecule has 0 heterocycles. The molecule has 2 aromatic carbocycles. The van der Waals surface area contributed by atoms with Crippen LogP contribution < -0.4 is 5.32 Å². The molecule has 0 saturated heterocycles. The number of carbonyl (C=O) groups is 2. The van der Waals surface area contributed by atoms with Crippen molar-refractivity contribution >= 4 is 33.5 Å². The molecule has 0 saturated carbocycles. The van der Waals surface area contributed by atoms with Crippen molar-refractivity contribution in [3.05, 3.63) is 63.9 Å². The summed E-state index contributed by atoms with van der Waals surface area (Å²) in [7, 11) is 0. The monoisotopic (exact) mass is 419 g/mol. The first-order chi connectivity index (χ1) is 11.7. The highest BCUT2D eigenvalue weighted by atomic mass is 79.9. The van der Waals surface area contributed by atoms with E-state index >= 15 is 0 Å². The number of nitrogens with one attached hydrogen (secondary N) is 1. The number of esters is 1. The first-order valence-electron chi connectivity index (χ1n) is 6.76. The van der Waals surface area contributed by atoms with Gasteiger partial charge in [-0.3, -0.25) is 4.79 Å². The molecule has 0 unspecified atom stereocenters. The fourth-order valence-electron chi connectivity index (χ4n) is 1.79. The molecule has 0 bridgehead atoms. The number of benzene rings is 2. The molecule has 1 amide bonds. The lowest BCUT2D eigenvalue weighted by atomic mass is 10.1. The van der Waals surface area contributed by atoms with Crippen LogP contribution in [0.15, 0.2) is 46.9 Å². The summed E-state index contributed by atoms with van der Waals surface area (Å²) in [4.78, 5) is 23.4. The van der Waals surface area contributed by atoms with Gasteiger partial charge in [-0.15, -0.1) is 0 Å². The molecular formula is C16H10BrF4NO3. The lowest BCUT2D eigenvalue weighted by molar-refractivity contribution is -0.137. The van der Waals surface area contributed by atoms with Crippen LogP contribution in [0.4, 0.5) is 23.2 Å². The zero-order valence-corrected chi connectivity index (χ0v) is 13.9. The minimum atomic E-state index is -4.52. The van der Waals surface area contributed by atoms with Gasteiger partial charge in [0.2, 0.25) is 0 Å². The van der Waals surface area contributed by atoms with Crippen molar-refractivity contribution < 1.29 is 31.9 Å². The maximum Gasteiger partial charge on any atom is 0.416 e. The van der Waals surface area contributed by atoms with Crippen molar-refractivity contribution in [3.63, 3.8) is 0 Å². The summed E-state index contributed by atoms with van der Waals surface area (Å²) < 4.78 is 56.0. The van der Waals surface area contributed by atoms with Gasteiger partial charge in [0.05, 0.1) is 16.8 Å². The van der Waals surface area contributed by atoms with Crippen LogP contribution in [0, 0.1) is 5.82 Å². The number of hydrogen-bond acceptors (Lipinski definition) is 3. The van der Waals surface area contributed by atoms with Crippen LogP contribution in [0.25, 0.3) is 0 Å². The summed E-state index contributed by atoms with van der Waals surface area (Å²) in [6.07, 6.45) is -4.52. The Bertz CT molecular complexity index is 791. The molecular weight excluding hydrogens is 410 g/mol. The van der Waals surface area contributed by atoms with E-state index in [0.29, 0.717) is 4.47 Å². The summed E-state index contributed by atoms with van der Waals surface area (Å²) in [6, 6.07) is 7.31. The maximum absolute atomic E-state index is 13.6. The molecule has 2 rings (SSSR count). The normalized spacial score (nSPS) is 11.1. The second-order valence-corrected chi connectivity index (χ2v) is 5.74. The number of halogens is 5. The highest BCUT2D eigenvalue weighted by Crippen LogP contribution is 2.29. The van der Waals surface area contributed by atoms with Crippen molar-refractivity contribution in [1.82, 2.24) is 0 Å². The minimum absolute atomic E-state index is 0.0984. The molecule has 0 aliphatic heterocycles. The van der Waals surface area contributed by atoms with Gasteiger partial charge < -0.3 is 10.1 Å². The molecule has 1 N–H and O–H groups in total. The van der Waals surface area contributed by atoms with Crippen molar-refractivity contribution in [2.75, 3.05) is 11.9 Å². The van der Waals surface area contributed by atoms with E-state index in [2.05, 4.69) is 26.0 Å². The Morgan fingerprint density at radius 2 is 1.72 bits per heavy atom. The van der Waals surface area contributed by atoms with Crippen LogP contribution in [0.2, 0.25) is 0 Å². The Morgan fingerprint density at radius 1 is 1.08 bits per heavy atom. The van der Waals surface area contributed by atoms with Crippen LogP contribution >= 0.6 is 15.9 Å². The largest absolute Gasteiger partial charge is 0.452 e. The highest BCUT2D eigenvalue weighted by molar-refractivity contribution is 9.10. The molecule has 0 aliphatic carbocycles. The van der Waals surface area contributed by atoms with Gasteiger partial charge in [0.15, 0.2) is 6.61 Å². The third-order valence-electron chi connectivity index (χ3n) is 2.99. The first kappa shape index (κ1) is 18.9. The molecule has 4 nitrogen and oxygen atoms in total. The third kappa shape index (κ3) is 5.28. The lowest BCUT2D eigenvalue weighted by Gasteiger charge is -2.09. The Hall–Kier alpha value is -2.42. The SMILES string of the molecule is O=C(COC(=O)c1ccc(C(F)(F)F)cc1)Nc1ccc(Br)cc1F. The highest BCUT2D eigenvalue weighted by Gasteiger charge is 2.30. The minimum Gasteiger partial charge on any atom is -0.452 e. The summed E-state index contributed by atoms with van der Waals surface area (Å²) in [5.74, 6) is -2.45. The predicted octanol–water partition coefficient (Wildman–Crippen LogP) is 4.40. The van der Waals surface area contributed by atoms with Gasteiger partial charge in [-0.2, -0.15) is 13.2 Å². The van der Waals surface area contributed by atoms with Crippen molar-refractivity contribution in [2.24, 2.45) is 0 Å². The van der Waals surface area contributed by atoms with Crippen molar-refractivity contribution in [3.8, 4) is 0 Å². The first-order valence-corrected chi connectivity index (χ1v) is 7.55. The van der Waals surface area contributed by atoms with Crippen LogP contribution in [-0.4, -0.2) is 18.5 Å². The Labute approximate surface area is 147 Å². The molecule has 0 fully saturated rings. The van der Waals surface area contributed by atoms with Crippen molar-refractivity contribution in [2.45, 2.75) is 6.18 Å². The second-order valence-electron chi connectivity index (χ2n) is 4.82. The molecule has 2 aromatic rings. The van der Waals surface area contributed by atoms with Gasteiger partial charge in [0.1, 0.15) is 5.82 Å². The van der Waals surface area contributed by atoms with E-state index in [1.165, 1.54) is 12.1 Å². The zero-order valence-electron chi connectivity index (χ0n) is 12.4. The molecule has 0 radical (unpaired) electrons. The average molecular weight is 420 g/mol. The van der Waals surface area contributed by atoms with Gasteiger partial charge in [-0.05, 0) is 42.5 Å². The Kier molecular flexibility index (Phi) is 5.78. The van der Waals surface area contributed by atoms with Crippen LogP contribution in [0.5, 0.6) is 0 Å². The third-order valence-corrected chi connectivity index (χ3v) is 3.48. The average Bonchev–Trinajstić information content (AvgIpc) is 2.54. The van der Waals surface area contributed by atoms with E-state index in [9.17, 15) is 27.2 Å². The topological polar surface area (TPSA) is 55.4 Å². The van der Waals surface area contributed by atoms with Gasteiger partial charge in [-0.25, -0.2) is 9.18 Å². The molecule has 0 aliphatic rings. The van der Waals surface area contributed by atoms with E-state index < -0.39 is 36.0 Å². The fraction of sp³-hybridized carbons (Fsp3) is 0.125. The number of amides is 1. The fourth-order valence-corrected chi connectivity index (χ4v) is 2.12. The standard InChI is InChI=1S/C16H10BrF4NO3/c17-11-5-6-13(12(18)7-11)22-14(23)8-25-15(24)9-1-3-10(4-2-9)16(19,20)21/h1-7H,8H2,(H,22,23). The molecule has 25 heavy (non-hydrogen) atoms. The number of hydrogen-bond donors (Lipinski definition) is 1. The molecule has 132 valence electrons. The quantitative estimate of drug-likeness (QED) is 0.590. The zero-order chi connectivity index (χ0) is 18.6. The summed E-state index contributed by atoms with van der Waals surface area (Å²) >= 11 is 3.06. The molecule has 0 spiro atoms. The smallest absolute Gasteiger partial charge is 0.416 e. The van der Waals surface area contributed by atoms with Gasteiger partial charge >= 0.3 is 12.1 Å². The number of ether oxygens (including phenoxy) is 1. The van der Waals surface area contributed by atoms with Gasteiger partial charge in [0.25, 0.3) is 5.91 Å². The van der Waals surface area contributed by atoms with E-state index in [1.54, 1.807) is 0 Å². The Morgan fingerprint density at radius 3 is 2.28 bits per heavy atom. The number of anilines is 1.